The van der Waals surface area contributed by atoms with Crippen LogP contribution in [0.3, 0.4) is 0 Å². The normalized spacial score (nSPS) is 11.3. The third-order valence-electron chi connectivity index (χ3n) is 3.41. The zero-order valence-electron chi connectivity index (χ0n) is 13.2. The number of benzene rings is 1. The van der Waals surface area contributed by atoms with Gasteiger partial charge >= 0.3 is 0 Å². The highest BCUT2D eigenvalue weighted by atomic mass is 32.1. The summed E-state index contributed by atoms with van der Waals surface area (Å²) >= 11 is 1.57. The molecule has 0 radical (unpaired) electrons. The van der Waals surface area contributed by atoms with E-state index in [0.29, 0.717) is 11.4 Å². The SMILES string of the molecule is COc1ccc(-c2cc(C(=O)NN=C(C)c3cccs3)[nH]n2)cc1. The lowest BCUT2D eigenvalue weighted by molar-refractivity contribution is 0.0950. The molecule has 122 valence electrons. The molecule has 3 aromatic rings. The van der Waals surface area contributed by atoms with Crippen molar-refractivity contribution in [2.45, 2.75) is 6.92 Å². The number of aromatic amines is 1. The van der Waals surface area contributed by atoms with Crippen molar-refractivity contribution >= 4 is 23.0 Å². The summed E-state index contributed by atoms with van der Waals surface area (Å²) in [5, 5.41) is 13.0. The van der Waals surface area contributed by atoms with Gasteiger partial charge in [-0.1, -0.05) is 6.07 Å². The predicted molar refractivity (Wildman–Crippen MR) is 94.6 cm³/mol. The van der Waals surface area contributed by atoms with E-state index in [4.69, 9.17) is 4.74 Å². The van der Waals surface area contributed by atoms with E-state index >= 15 is 0 Å². The summed E-state index contributed by atoms with van der Waals surface area (Å²) in [5.74, 6) is 0.434. The van der Waals surface area contributed by atoms with Gasteiger partial charge in [0.25, 0.3) is 5.91 Å². The predicted octanol–water partition coefficient (Wildman–Crippen LogP) is 3.30. The maximum absolute atomic E-state index is 12.2. The van der Waals surface area contributed by atoms with Crippen molar-refractivity contribution in [1.82, 2.24) is 15.6 Å². The molecular weight excluding hydrogens is 324 g/mol. The number of hydrogen-bond acceptors (Lipinski definition) is 5. The third-order valence-corrected chi connectivity index (χ3v) is 4.39. The summed E-state index contributed by atoms with van der Waals surface area (Å²) in [6.07, 6.45) is 0. The molecule has 3 rings (SSSR count). The number of H-pyrrole nitrogens is 1. The summed E-state index contributed by atoms with van der Waals surface area (Å²) in [6.45, 7) is 1.85. The number of nitrogens with one attached hydrogen (secondary N) is 2. The Morgan fingerprint density at radius 1 is 1.29 bits per heavy atom. The van der Waals surface area contributed by atoms with Crippen molar-refractivity contribution in [2.75, 3.05) is 7.11 Å². The Bertz CT molecular complexity index is 851. The van der Waals surface area contributed by atoms with Crippen molar-refractivity contribution in [1.29, 1.82) is 0 Å². The minimum Gasteiger partial charge on any atom is -0.497 e. The fraction of sp³-hybridized carbons (Fsp3) is 0.118. The Morgan fingerprint density at radius 3 is 2.75 bits per heavy atom. The Labute approximate surface area is 143 Å². The minimum absolute atomic E-state index is 0.335. The van der Waals surface area contributed by atoms with E-state index in [2.05, 4.69) is 20.7 Å². The van der Waals surface area contributed by atoms with Crippen LogP contribution in [0.1, 0.15) is 22.3 Å². The number of ether oxygens (including phenoxy) is 1. The average Bonchev–Trinajstić information content (AvgIpc) is 3.31. The van der Waals surface area contributed by atoms with Crippen molar-refractivity contribution in [3.8, 4) is 17.0 Å². The Morgan fingerprint density at radius 2 is 2.08 bits per heavy atom. The molecule has 0 spiro atoms. The highest BCUT2D eigenvalue weighted by Gasteiger charge is 2.11. The van der Waals surface area contributed by atoms with E-state index in [1.165, 1.54) is 0 Å². The molecule has 1 amide bonds. The van der Waals surface area contributed by atoms with Crippen LogP contribution in [0.2, 0.25) is 0 Å². The van der Waals surface area contributed by atoms with Crippen LogP contribution in [0, 0.1) is 0 Å². The maximum Gasteiger partial charge on any atom is 0.289 e. The largest absolute Gasteiger partial charge is 0.497 e. The Hall–Kier alpha value is -2.93. The van der Waals surface area contributed by atoms with Gasteiger partial charge in [0.1, 0.15) is 11.4 Å². The van der Waals surface area contributed by atoms with Crippen molar-refractivity contribution in [2.24, 2.45) is 5.10 Å². The Balaban J connectivity index is 1.70. The molecule has 2 heterocycles. The second-order valence-electron chi connectivity index (χ2n) is 5.01. The highest BCUT2D eigenvalue weighted by Crippen LogP contribution is 2.21. The zero-order valence-corrected chi connectivity index (χ0v) is 14.1. The standard InChI is InChI=1S/C17H16N4O2S/c1-11(16-4-3-9-24-16)18-21-17(22)15-10-14(19-20-15)12-5-7-13(23-2)8-6-12/h3-10H,1-2H3,(H,19,20)(H,21,22). The molecule has 0 bridgehead atoms. The summed E-state index contributed by atoms with van der Waals surface area (Å²) in [5.41, 5.74) is 5.22. The molecule has 2 N–H and O–H groups in total. The van der Waals surface area contributed by atoms with E-state index in [1.807, 2.05) is 48.7 Å². The van der Waals surface area contributed by atoms with Crippen molar-refractivity contribution in [3.05, 3.63) is 58.4 Å². The molecule has 0 unspecified atom stereocenters. The average molecular weight is 340 g/mol. The number of nitrogens with zero attached hydrogens (tertiary/aromatic N) is 2. The monoisotopic (exact) mass is 340 g/mol. The molecule has 0 fully saturated rings. The first-order valence-electron chi connectivity index (χ1n) is 7.25. The molecule has 0 atom stereocenters. The first-order chi connectivity index (χ1) is 11.7. The van der Waals surface area contributed by atoms with Gasteiger partial charge in [-0.05, 0) is 48.7 Å². The molecule has 24 heavy (non-hydrogen) atoms. The van der Waals surface area contributed by atoms with Gasteiger partial charge in [-0.3, -0.25) is 9.89 Å². The molecule has 0 aliphatic rings. The molecule has 0 saturated heterocycles. The number of amides is 1. The van der Waals surface area contributed by atoms with Gasteiger partial charge < -0.3 is 4.74 Å². The Kier molecular flexibility index (Phi) is 4.72. The fourth-order valence-electron chi connectivity index (χ4n) is 2.08. The van der Waals surface area contributed by atoms with E-state index in [-0.39, 0.29) is 5.91 Å². The van der Waals surface area contributed by atoms with Crippen LogP contribution >= 0.6 is 11.3 Å². The zero-order chi connectivity index (χ0) is 16.9. The molecule has 6 nitrogen and oxygen atoms in total. The van der Waals surface area contributed by atoms with Crippen LogP contribution in [0.5, 0.6) is 5.75 Å². The van der Waals surface area contributed by atoms with Gasteiger partial charge in [-0.15, -0.1) is 11.3 Å². The summed E-state index contributed by atoms with van der Waals surface area (Å²) in [4.78, 5) is 13.2. The first-order valence-corrected chi connectivity index (χ1v) is 8.13. The molecule has 0 aliphatic carbocycles. The van der Waals surface area contributed by atoms with Crippen LogP contribution in [0.4, 0.5) is 0 Å². The number of hydrazone groups is 1. The number of thiophene rings is 1. The number of aromatic nitrogens is 2. The summed E-state index contributed by atoms with van der Waals surface area (Å²) < 4.78 is 5.13. The lowest BCUT2D eigenvalue weighted by Gasteiger charge is -2.00. The van der Waals surface area contributed by atoms with Crippen LogP contribution in [0.15, 0.2) is 52.9 Å². The lowest BCUT2D eigenvalue weighted by Crippen LogP contribution is -2.19. The second-order valence-corrected chi connectivity index (χ2v) is 5.96. The van der Waals surface area contributed by atoms with Crippen LogP contribution in [0.25, 0.3) is 11.3 Å². The van der Waals surface area contributed by atoms with Crippen LogP contribution in [-0.4, -0.2) is 28.9 Å². The van der Waals surface area contributed by atoms with Gasteiger partial charge in [-0.25, -0.2) is 5.43 Å². The van der Waals surface area contributed by atoms with Gasteiger partial charge in [0.15, 0.2) is 0 Å². The molecule has 7 heteroatoms. The van der Waals surface area contributed by atoms with E-state index < -0.39 is 0 Å². The molecule has 1 aromatic carbocycles. The van der Waals surface area contributed by atoms with Gasteiger partial charge in [0.05, 0.1) is 18.5 Å². The number of rotatable bonds is 5. The molecule has 2 aromatic heterocycles. The quantitative estimate of drug-likeness (QED) is 0.552. The molecule has 0 aliphatic heterocycles. The first kappa shape index (κ1) is 15.9. The number of carbonyl (C=O) groups excluding carboxylic acids is 1. The summed E-state index contributed by atoms with van der Waals surface area (Å²) in [7, 11) is 1.62. The van der Waals surface area contributed by atoms with Crippen LogP contribution in [-0.2, 0) is 0 Å². The van der Waals surface area contributed by atoms with Gasteiger partial charge in [-0.2, -0.15) is 10.2 Å². The second kappa shape index (κ2) is 7.10. The van der Waals surface area contributed by atoms with Crippen molar-refractivity contribution in [3.63, 3.8) is 0 Å². The van der Waals surface area contributed by atoms with E-state index in [1.54, 1.807) is 24.5 Å². The van der Waals surface area contributed by atoms with Gasteiger partial charge in [0, 0.05) is 10.4 Å². The van der Waals surface area contributed by atoms with E-state index in [9.17, 15) is 4.79 Å². The van der Waals surface area contributed by atoms with Crippen LogP contribution < -0.4 is 10.2 Å². The highest BCUT2D eigenvalue weighted by molar-refractivity contribution is 7.12. The van der Waals surface area contributed by atoms with Gasteiger partial charge in [0.2, 0.25) is 0 Å². The lowest BCUT2D eigenvalue weighted by atomic mass is 10.1. The summed E-state index contributed by atoms with van der Waals surface area (Å²) in [6, 6.07) is 13.0. The smallest absolute Gasteiger partial charge is 0.289 e. The third kappa shape index (κ3) is 3.52. The number of hydrogen-bond donors (Lipinski definition) is 2. The minimum atomic E-state index is -0.335. The number of methoxy groups -OCH3 is 1. The topological polar surface area (TPSA) is 79.4 Å². The van der Waals surface area contributed by atoms with E-state index in [0.717, 1.165) is 21.9 Å². The maximum atomic E-state index is 12.2. The number of carbonyl (C=O) groups is 1. The molecule has 0 saturated carbocycles. The molecular formula is C17H16N4O2S. The fourth-order valence-corrected chi connectivity index (χ4v) is 2.76. The van der Waals surface area contributed by atoms with Crippen molar-refractivity contribution < 1.29 is 9.53 Å².